The summed E-state index contributed by atoms with van der Waals surface area (Å²) in [5.74, 6) is -2.00. The lowest BCUT2D eigenvalue weighted by molar-refractivity contribution is -0.201. The zero-order valence-electron chi connectivity index (χ0n) is 8.91. The summed E-state index contributed by atoms with van der Waals surface area (Å²) in [7, 11) is 0. The molecule has 0 aromatic carbocycles. The van der Waals surface area contributed by atoms with Gasteiger partial charge in [0, 0.05) is 20.0 Å². The van der Waals surface area contributed by atoms with Crippen molar-refractivity contribution in [1.29, 1.82) is 0 Å². The van der Waals surface area contributed by atoms with Crippen molar-refractivity contribution < 1.29 is 33.0 Å². The number of carboxylic acid groups (broad SMARTS) is 1. The number of carbonyl (C=O) groups is 2. The average Bonchev–Trinajstić information content (AvgIpc) is 2.13. The number of aliphatic hydroxyl groups is 1. The van der Waals surface area contributed by atoms with Crippen LogP contribution in [0.25, 0.3) is 0 Å². The maximum atomic E-state index is 11.9. The third-order valence-corrected chi connectivity index (χ3v) is 1.74. The first-order valence-electron chi connectivity index (χ1n) is 4.60. The van der Waals surface area contributed by atoms with Crippen LogP contribution in [0.2, 0.25) is 0 Å². The SMILES string of the molecule is CC(=O)NC(CNCC(O)C(F)(F)F)C(=O)O. The van der Waals surface area contributed by atoms with Crippen molar-refractivity contribution in [2.75, 3.05) is 13.1 Å². The van der Waals surface area contributed by atoms with E-state index in [4.69, 9.17) is 10.2 Å². The zero-order chi connectivity index (χ0) is 13.6. The van der Waals surface area contributed by atoms with Gasteiger partial charge in [-0.3, -0.25) is 4.79 Å². The Morgan fingerprint density at radius 3 is 2.18 bits per heavy atom. The molecular formula is C8H13F3N2O4. The van der Waals surface area contributed by atoms with Gasteiger partial charge in [-0.05, 0) is 0 Å². The molecular weight excluding hydrogens is 245 g/mol. The number of aliphatic hydroxyl groups excluding tert-OH is 1. The Morgan fingerprint density at radius 2 is 1.82 bits per heavy atom. The van der Waals surface area contributed by atoms with Crippen molar-refractivity contribution in [3.63, 3.8) is 0 Å². The molecule has 17 heavy (non-hydrogen) atoms. The Bertz CT molecular complexity index is 282. The summed E-state index contributed by atoms with van der Waals surface area (Å²) in [4.78, 5) is 21.2. The number of rotatable bonds is 6. The fourth-order valence-electron chi connectivity index (χ4n) is 0.926. The van der Waals surface area contributed by atoms with Crippen molar-refractivity contribution in [3.8, 4) is 0 Å². The highest BCUT2D eigenvalue weighted by molar-refractivity contribution is 5.82. The summed E-state index contributed by atoms with van der Waals surface area (Å²) >= 11 is 0. The molecule has 100 valence electrons. The van der Waals surface area contributed by atoms with Crippen molar-refractivity contribution >= 4 is 11.9 Å². The van der Waals surface area contributed by atoms with Crippen LogP contribution < -0.4 is 10.6 Å². The van der Waals surface area contributed by atoms with Gasteiger partial charge in [0.1, 0.15) is 6.04 Å². The van der Waals surface area contributed by atoms with E-state index < -0.39 is 43.3 Å². The normalized spacial score (nSPS) is 15.1. The van der Waals surface area contributed by atoms with Crippen molar-refractivity contribution in [3.05, 3.63) is 0 Å². The van der Waals surface area contributed by atoms with Crippen LogP contribution in [-0.4, -0.2) is 53.5 Å². The van der Waals surface area contributed by atoms with Gasteiger partial charge in [-0.2, -0.15) is 13.2 Å². The number of carbonyl (C=O) groups excluding carboxylic acids is 1. The van der Waals surface area contributed by atoms with Crippen molar-refractivity contribution in [1.82, 2.24) is 10.6 Å². The van der Waals surface area contributed by atoms with Crippen molar-refractivity contribution in [2.45, 2.75) is 25.2 Å². The number of hydrogen-bond acceptors (Lipinski definition) is 4. The minimum Gasteiger partial charge on any atom is -0.480 e. The lowest BCUT2D eigenvalue weighted by Gasteiger charge is -2.17. The van der Waals surface area contributed by atoms with E-state index in [-0.39, 0.29) is 0 Å². The van der Waals surface area contributed by atoms with E-state index in [0.29, 0.717) is 0 Å². The highest BCUT2D eigenvalue weighted by atomic mass is 19.4. The molecule has 2 unspecified atom stereocenters. The van der Waals surface area contributed by atoms with E-state index in [1.54, 1.807) is 0 Å². The summed E-state index contributed by atoms with van der Waals surface area (Å²) in [6.45, 7) is -0.171. The smallest absolute Gasteiger partial charge is 0.415 e. The molecule has 0 saturated carbocycles. The fraction of sp³-hybridized carbons (Fsp3) is 0.750. The molecule has 0 saturated heterocycles. The lowest BCUT2D eigenvalue weighted by atomic mass is 10.2. The molecule has 0 aliphatic carbocycles. The van der Waals surface area contributed by atoms with Crippen LogP contribution >= 0.6 is 0 Å². The van der Waals surface area contributed by atoms with E-state index in [1.807, 2.05) is 5.32 Å². The summed E-state index contributed by atoms with van der Waals surface area (Å²) in [5.41, 5.74) is 0. The molecule has 2 atom stereocenters. The van der Waals surface area contributed by atoms with Gasteiger partial charge in [-0.25, -0.2) is 4.79 Å². The van der Waals surface area contributed by atoms with Crippen LogP contribution in [0, 0.1) is 0 Å². The summed E-state index contributed by atoms with van der Waals surface area (Å²) < 4.78 is 35.6. The van der Waals surface area contributed by atoms with Crippen LogP contribution in [0.15, 0.2) is 0 Å². The van der Waals surface area contributed by atoms with E-state index in [1.165, 1.54) is 0 Å². The Labute approximate surface area is 94.8 Å². The first-order chi connectivity index (χ1) is 7.64. The summed E-state index contributed by atoms with van der Waals surface area (Å²) in [6.07, 6.45) is -7.34. The van der Waals surface area contributed by atoms with Gasteiger partial charge in [0.15, 0.2) is 6.10 Å². The molecule has 0 heterocycles. The lowest BCUT2D eigenvalue weighted by Crippen LogP contribution is -2.49. The molecule has 0 spiro atoms. The maximum Gasteiger partial charge on any atom is 0.415 e. The van der Waals surface area contributed by atoms with Crippen LogP contribution in [-0.2, 0) is 9.59 Å². The molecule has 0 aromatic rings. The highest BCUT2D eigenvalue weighted by Gasteiger charge is 2.37. The quantitative estimate of drug-likeness (QED) is 0.494. The molecule has 0 fully saturated rings. The number of amides is 1. The van der Waals surface area contributed by atoms with Crippen LogP contribution in [0.5, 0.6) is 0 Å². The number of alkyl halides is 3. The summed E-state index contributed by atoms with van der Waals surface area (Å²) in [5, 5.41) is 21.3. The van der Waals surface area contributed by atoms with E-state index >= 15 is 0 Å². The molecule has 9 heteroatoms. The number of aliphatic carboxylic acids is 1. The molecule has 0 aromatic heterocycles. The first kappa shape index (κ1) is 15.7. The van der Waals surface area contributed by atoms with E-state index in [9.17, 15) is 22.8 Å². The number of nitrogens with one attached hydrogen (secondary N) is 2. The molecule has 6 nitrogen and oxygen atoms in total. The third kappa shape index (κ3) is 6.74. The topological polar surface area (TPSA) is 98.7 Å². The second-order valence-corrected chi connectivity index (χ2v) is 3.31. The van der Waals surface area contributed by atoms with Crippen LogP contribution in [0.3, 0.4) is 0 Å². The van der Waals surface area contributed by atoms with E-state index in [2.05, 4.69) is 5.32 Å². The second-order valence-electron chi connectivity index (χ2n) is 3.31. The standard InChI is InChI=1S/C8H13F3N2O4/c1-4(14)13-5(7(16)17)2-12-3-6(15)8(9,10)11/h5-6,12,15H,2-3H2,1H3,(H,13,14)(H,16,17). The van der Waals surface area contributed by atoms with Gasteiger partial charge in [0.05, 0.1) is 0 Å². The average molecular weight is 258 g/mol. The van der Waals surface area contributed by atoms with Gasteiger partial charge >= 0.3 is 12.1 Å². The third-order valence-electron chi connectivity index (χ3n) is 1.74. The van der Waals surface area contributed by atoms with Gasteiger partial charge < -0.3 is 20.8 Å². The monoisotopic (exact) mass is 258 g/mol. The van der Waals surface area contributed by atoms with E-state index in [0.717, 1.165) is 6.92 Å². The first-order valence-corrected chi connectivity index (χ1v) is 4.60. The fourth-order valence-corrected chi connectivity index (χ4v) is 0.926. The summed E-state index contributed by atoms with van der Waals surface area (Å²) in [6, 6.07) is -1.34. The van der Waals surface area contributed by atoms with Gasteiger partial charge in [0.25, 0.3) is 0 Å². The van der Waals surface area contributed by atoms with Gasteiger partial charge in [-0.15, -0.1) is 0 Å². The number of hydrogen-bond donors (Lipinski definition) is 4. The predicted octanol–water partition coefficient (Wildman–Crippen LogP) is -0.912. The molecule has 0 bridgehead atoms. The minimum atomic E-state index is -4.76. The molecule has 0 radical (unpaired) electrons. The molecule has 4 N–H and O–H groups in total. The Morgan fingerprint density at radius 1 is 1.29 bits per heavy atom. The Kier molecular flexibility index (Phi) is 5.89. The Balaban J connectivity index is 4.07. The minimum absolute atomic E-state index is 0.415. The Hall–Kier alpha value is -1.35. The largest absolute Gasteiger partial charge is 0.480 e. The molecule has 1 amide bonds. The number of carboxylic acids is 1. The molecule has 0 rings (SSSR count). The molecule has 0 aliphatic heterocycles. The van der Waals surface area contributed by atoms with Crippen LogP contribution in [0.1, 0.15) is 6.92 Å². The number of halogens is 3. The maximum absolute atomic E-state index is 11.9. The van der Waals surface area contributed by atoms with Crippen molar-refractivity contribution in [2.24, 2.45) is 0 Å². The zero-order valence-corrected chi connectivity index (χ0v) is 8.91. The van der Waals surface area contributed by atoms with Crippen LogP contribution in [0.4, 0.5) is 13.2 Å². The van der Waals surface area contributed by atoms with Gasteiger partial charge in [0.2, 0.25) is 5.91 Å². The van der Waals surface area contributed by atoms with Gasteiger partial charge in [-0.1, -0.05) is 0 Å². The predicted molar refractivity (Wildman–Crippen MR) is 50.2 cm³/mol. The second kappa shape index (κ2) is 6.40. The molecule has 0 aliphatic rings. The highest BCUT2D eigenvalue weighted by Crippen LogP contribution is 2.18.